The van der Waals surface area contributed by atoms with E-state index in [1.54, 1.807) is 0 Å². The molecule has 0 bridgehead atoms. The van der Waals surface area contributed by atoms with Crippen molar-refractivity contribution < 1.29 is 4.79 Å². The van der Waals surface area contributed by atoms with Crippen molar-refractivity contribution in [3.05, 3.63) is 65.7 Å². The second-order valence-corrected chi connectivity index (χ2v) is 5.14. The van der Waals surface area contributed by atoms with Crippen molar-refractivity contribution in [2.24, 2.45) is 5.10 Å². The lowest BCUT2D eigenvalue weighted by Crippen LogP contribution is -2.31. The first-order valence-electron chi connectivity index (χ1n) is 7.32. The highest BCUT2D eigenvalue weighted by atomic mass is 16.2. The second kappa shape index (κ2) is 5.92. The summed E-state index contributed by atoms with van der Waals surface area (Å²) in [5, 5.41) is 6.08. The molecule has 1 aliphatic heterocycles. The number of anilines is 1. The molecule has 3 rings (SSSR count). The Balaban J connectivity index is 1.93. The number of hydrogen-bond acceptors (Lipinski definition) is 2. The standard InChI is InChI=1S/C18H18N2O/c1-2-14-8-10-15(11-9-14)17-12-13-18(21)20(19-17)16-6-4-3-5-7-16/h3-11H,2,12-13H2,1H3. The molecule has 1 heterocycles. The largest absolute Gasteiger partial charge is 0.273 e. The van der Waals surface area contributed by atoms with Crippen LogP contribution in [-0.2, 0) is 11.2 Å². The number of nitrogens with zero attached hydrogens (tertiary/aromatic N) is 2. The van der Waals surface area contributed by atoms with E-state index < -0.39 is 0 Å². The Hall–Kier alpha value is -2.42. The zero-order valence-electron chi connectivity index (χ0n) is 12.1. The van der Waals surface area contributed by atoms with Crippen molar-refractivity contribution in [1.82, 2.24) is 0 Å². The summed E-state index contributed by atoms with van der Waals surface area (Å²) in [5.41, 5.74) is 4.21. The van der Waals surface area contributed by atoms with Crippen LogP contribution in [0, 0.1) is 0 Å². The van der Waals surface area contributed by atoms with Crippen LogP contribution in [0.25, 0.3) is 0 Å². The molecule has 0 N–H and O–H groups in total. The molecule has 0 saturated carbocycles. The summed E-state index contributed by atoms with van der Waals surface area (Å²) in [5.74, 6) is 0.0510. The van der Waals surface area contributed by atoms with Crippen LogP contribution in [0.3, 0.4) is 0 Å². The summed E-state index contributed by atoms with van der Waals surface area (Å²) in [6.45, 7) is 2.14. The normalized spacial score (nSPS) is 15.0. The van der Waals surface area contributed by atoms with Crippen LogP contribution in [0.2, 0.25) is 0 Å². The fraction of sp³-hybridized carbons (Fsp3) is 0.222. The first-order valence-corrected chi connectivity index (χ1v) is 7.32. The van der Waals surface area contributed by atoms with Gasteiger partial charge in [-0.05, 0) is 29.7 Å². The highest BCUT2D eigenvalue weighted by Crippen LogP contribution is 2.22. The molecule has 2 aromatic rings. The van der Waals surface area contributed by atoms with E-state index in [1.807, 2.05) is 30.3 Å². The van der Waals surface area contributed by atoms with Gasteiger partial charge in [0.05, 0.1) is 11.4 Å². The van der Waals surface area contributed by atoms with Crippen LogP contribution in [0.15, 0.2) is 59.7 Å². The zero-order valence-corrected chi connectivity index (χ0v) is 12.1. The quantitative estimate of drug-likeness (QED) is 0.841. The Labute approximate surface area is 124 Å². The maximum Gasteiger partial charge on any atom is 0.247 e. The highest BCUT2D eigenvalue weighted by Gasteiger charge is 2.22. The molecule has 21 heavy (non-hydrogen) atoms. The summed E-state index contributed by atoms with van der Waals surface area (Å²) in [6, 6.07) is 18.0. The number of rotatable bonds is 3. The molecular formula is C18H18N2O. The summed E-state index contributed by atoms with van der Waals surface area (Å²) >= 11 is 0. The Morgan fingerprint density at radius 2 is 1.71 bits per heavy atom. The van der Waals surface area contributed by atoms with Crippen molar-refractivity contribution in [2.45, 2.75) is 26.2 Å². The van der Waals surface area contributed by atoms with Gasteiger partial charge in [0.15, 0.2) is 0 Å². The molecule has 0 unspecified atom stereocenters. The van der Waals surface area contributed by atoms with Crippen molar-refractivity contribution in [1.29, 1.82) is 0 Å². The minimum atomic E-state index is 0.0510. The number of aryl methyl sites for hydroxylation is 1. The zero-order chi connectivity index (χ0) is 14.7. The fourth-order valence-electron chi connectivity index (χ4n) is 2.46. The van der Waals surface area contributed by atoms with E-state index in [0.717, 1.165) is 23.4 Å². The highest BCUT2D eigenvalue weighted by molar-refractivity contribution is 6.08. The number of para-hydroxylation sites is 1. The lowest BCUT2D eigenvalue weighted by Gasteiger charge is -2.23. The van der Waals surface area contributed by atoms with Crippen molar-refractivity contribution in [3.8, 4) is 0 Å². The monoisotopic (exact) mass is 278 g/mol. The molecular weight excluding hydrogens is 260 g/mol. The molecule has 0 atom stereocenters. The fourth-order valence-corrected chi connectivity index (χ4v) is 2.46. The molecule has 0 fully saturated rings. The van der Waals surface area contributed by atoms with Crippen molar-refractivity contribution in [2.75, 3.05) is 5.01 Å². The van der Waals surface area contributed by atoms with E-state index in [1.165, 1.54) is 10.6 Å². The topological polar surface area (TPSA) is 32.7 Å². The van der Waals surface area contributed by atoms with Gasteiger partial charge in [-0.1, -0.05) is 49.4 Å². The number of benzene rings is 2. The third-order valence-corrected chi connectivity index (χ3v) is 3.73. The van der Waals surface area contributed by atoms with E-state index >= 15 is 0 Å². The first-order chi connectivity index (χ1) is 10.3. The maximum absolute atomic E-state index is 12.1. The lowest BCUT2D eigenvalue weighted by atomic mass is 10.0. The molecule has 3 nitrogen and oxygen atoms in total. The van der Waals surface area contributed by atoms with Crippen LogP contribution >= 0.6 is 0 Å². The Morgan fingerprint density at radius 3 is 2.38 bits per heavy atom. The minimum absolute atomic E-state index is 0.0510. The molecule has 0 aromatic heterocycles. The molecule has 2 aromatic carbocycles. The molecule has 1 amide bonds. The smallest absolute Gasteiger partial charge is 0.247 e. The average molecular weight is 278 g/mol. The molecule has 106 valence electrons. The van der Waals surface area contributed by atoms with Gasteiger partial charge in [0, 0.05) is 12.8 Å². The number of hydrogen-bond donors (Lipinski definition) is 0. The Bertz CT molecular complexity index is 659. The van der Waals surface area contributed by atoms with Crippen LogP contribution in [-0.4, -0.2) is 11.6 Å². The van der Waals surface area contributed by atoms with Gasteiger partial charge in [-0.25, -0.2) is 5.01 Å². The van der Waals surface area contributed by atoms with Crippen LogP contribution < -0.4 is 5.01 Å². The SMILES string of the molecule is CCc1ccc(C2=NN(c3ccccc3)C(=O)CC2)cc1. The van der Waals surface area contributed by atoms with E-state index in [9.17, 15) is 4.79 Å². The van der Waals surface area contributed by atoms with Crippen molar-refractivity contribution in [3.63, 3.8) is 0 Å². The van der Waals surface area contributed by atoms with Crippen molar-refractivity contribution >= 4 is 17.3 Å². The molecule has 0 saturated heterocycles. The predicted molar refractivity (Wildman–Crippen MR) is 85.5 cm³/mol. The van der Waals surface area contributed by atoms with Crippen LogP contribution in [0.5, 0.6) is 0 Å². The first kappa shape index (κ1) is 13.6. The van der Waals surface area contributed by atoms with E-state index in [-0.39, 0.29) is 5.91 Å². The van der Waals surface area contributed by atoms with E-state index in [2.05, 4.69) is 36.3 Å². The molecule has 0 spiro atoms. The minimum Gasteiger partial charge on any atom is -0.273 e. The Morgan fingerprint density at radius 1 is 1.00 bits per heavy atom. The van der Waals surface area contributed by atoms with Gasteiger partial charge in [0.2, 0.25) is 5.91 Å². The summed E-state index contributed by atoms with van der Waals surface area (Å²) in [6.07, 6.45) is 2.23. The van der Waals surface area contributed by atoms with Crippen LogP contribution in [0.1, 0.15) is 30.9 Å². The van der Waals surface area contributed by atoms with Gasteiger partial charge >= 0.3 is 0 Å². The second-order valence-electron chi connectivity index (χ2n) is 5.14. The van der Waals surface area contributed by atoms with Gasteiger partial charge in [-0.2, -0.15) is 5.10 Å². The molecule has 0 radical (unpaired) electrons. The van der Waals surface area contributed by atoms with Gasteiger partial charge in [0.25, 0.3) is 0 Å². The van der Waals surface area contributed by atoms with E-state index in [0.29, 0.717) is 12.8 Å². The van der Waals surface area contributed by atoms with Gasteiger partial charge in [-0.3, -0.25) is 4.79 Å². The van der Waals surface area contributed by atoms with Gasteiger partial charge in [-0.15, -0.1) is 0 Å². The number of amides is 1. The van der Waals surface area contributed by atoms with Gasteiger partial charge < -0.3 is 0 Å². The van der Waals surface area contributed by atoms with E-state index in [4.69, 9.17) is 0 Å². The number of hydrazone groups is 1. The number of carbonyl (C=O) groups is 1. The lowest BCUT2D eigenvalue weighted by molar-refractivity contribution is -0.118. The molecule has 1 aliphatic rings. The predicted octanol–water partition coefficient (Wildman–Crippen LogP) is 3.78. The number of carbonyl (C=O) groups excluding carboxylic acids is 1. The summed E-state index contributed by atoms with van der Waals surface area (Å²) < 4.78 is 0. The summed E-state index contributed by atoms with van der Waals surface area (Å²) in [4.78, 5) is 12.1. The maximum atomic E-state index is 12.1. The average Bonchev–Trinajstić information content (AvgIpc) is 2.56. The third-order valence-electron chi connectivity index (χ3n) is 3.73. The Kier molecular flexibility index (Phi) is 3.82. The van der Waals surface area contributed by atoms with Gasteiger partial charge in [0.1, 0.15) is 0 Å². The summed E-state index contributed by atoms with van der Waals surface area (Å²) in [7, 11) is 0. The molecule has 0 aliphatic carbocycles. The van der Waals surface area contributed by atoms with Crippen LogP contribution in [0.4, 0.5) is 5.69 Å². The third kappa shape index (κ3) is 2.87. The molecule has 3 heteroatoms.